The molecule has 1 fully saturated rings. The molecule has 0 bridgehead atoms. The first-order chi connectivity index (χ1) is 18.4. The molecule has 0 radical (unpaired) electrons. The third kappa shape index (κ3) is 7.95. The number of benzene rings is 2. The van der Waals surface area contributed by atoms with Gasteiger partial charge in [-0.3, -0.25) is 9.78 Å². The minimum atomic E-state index is -0.729. The van der Waals surface area contributed by atoms with E-state index >= 15 is 0 Å². The van der Waals surface area contributed by atoms with Crippen LogP contribution in [0, 0.1) is 18.8 Å². The van der Waals surface area contributed by atoms with E-state index in [2.05, 4.69) is 41.1 Å². The number of hydrogen-bond donors (Lipinski definition) is 2. The number of likely N-dealkylation sites (tertiary alicyclic amines) is 1. The van der Waals surface area contributed by atoms with Gasteiger partial charge in [0.1, 0.15) is 5.75 Å². The predicted molar refractivity (Wildman–Crippen MR) is 154 cm³/mol. The van der Waals surface area contributed by atoms with E-state index in [1.165, 1.54) is 10.5 Å². The standard InChI is InChI=1S/C31H40N2O4S/c1-22-4-9-26(10-5-22)38-19-3-17-33-18-15-23(24(21-33)7-13-31(35)36)6-12-30(34)27-14-16-32-29-11-8-25(37-2)20-28(27)29/h4-5,8-11,14,16,20,23-24,30,34H,3,6-7,12-13,15,17-19,21H2,1-2H3,(H,35,36)/t23-,24-,30-/m1/s1. The quantitative estimate of drug-likeness (QED) is 0.195. The lowest BCUT2D eigenvalue weighted by Crippen LogP contribution is -2.41. The summed E-state index contributed by atoms with van der Waals surface area (Å²) in [4.78, 5) is 19.6. The van der Waals surface area contributed by atoms with Crippen LogP contribution in [0.25, 0.3) is 10.9 Å². The Labute approximate surface area is 230 Å². The lowest BCUT2D eigenvalue weighted by Gasteiger charge is -2.39. The summed E-state index contributed by atoms with van der Waals surface area (Å²) in [6.45, 7) is 5.13. The smallest absolute Gasteiger partial charge is 0.303 e. The number of aliphatic hydroxyl groups excluding tert-OH is 1. The van der Waals surface area contributed by atoms with Gasteiger partial charge in [0, 0.05) is 29.4 Å². The van der Waals surface area contributed by atoms with Gasteiger partial charge in [0.05, 0.1) is 18.7 Å². The number of rotatable bonds is 13. The molecule has 0 saturated carbocycles. The van der Waals surface area contributed by atoms with Crippen LogP contribution in [0.5, 0.6) is 5.75 Å². The molecule has 1 aromatic heterocycles. The molecule has 4 rings (SSSR count). The van der Waals surface area contributed by atoms with Gasteiger partial charge in [-0.15, -0.1) is 11.8 Å². The number of thioether (sulfide) groups is 1. The minimum absolute atomic E-state index is 0.204. The fourth-order valence-corrected chi connectivity index (χ4v) is 6.42. The summed E-state index contributed by atoms with van der Waals surface area (Å²) in [5.74, 6) is 1.86. The minimum Gasteiger partial charge on any atom is -0.497 e. The molecule has 7 heteroatoms. The molecule has 38 heavy (non-hydrogen) atoms. The summed E-state index contributed by atoms with van der Waals surface area (Å²) in [6, 6.07) is 16.3. The van der Waals surface area contributed by atoms with E-state index in [0.29, 0.717) is 24.7 Å². The topological polar surface area (TPSA) is 82.9 Å². The molecule has 3 aromatic rings. The van der Waals surface area contributed by atoms with Crippen molar-refractivity contribution >= 4 is 28.6 Å². The Morgan fingerprint density at radius 2 is 1.97 bits per heavy atom. The van der Waals surface area contributed by atoms with Crippen LogP contribution in [0.15, 0.2) is 59.6 Å². The number of aliphatic hydroxyl groups is 1. The number of aromatic nitrogens is 1. The second-order valence-electron chi connectivity index (χ2n) is 10.4. The van der Waals surface area contributed by atoms with Crippen LogP contribution in [0.4, 0.5) is 0 Å². The monoisotopic (exact) mass is 536 g/mol. The van der Waals surface area contributed by atoms with Gasteiger partial charge in [0.2, 0.25) is 0 Å². The zero-order chi connectivity index (χ0) is 26.9. The molecule has 6 nitrogen and oxygen atoms in total. The third-order valence-electron chi connectivity index (χ3n) is 7.77. The number of carboxylic acid groups (broad SMARTS) is 1. The van der Waals surface area contributed by atoms with Crippen molar-refractivity contribution in [1.29, 1.82) is 0 Å². The first kappa shape index (κ1) is 28.4. The Kier molecular flexibility index (Phi) is 10.4. The van der Waals surface area contributed by atoms with Crippen molar-refractivity contribution in [3.8, 4) is 5.75 Å². The summed E-state index contributed by atoms with van der Waals surface area (Å²) in [5.41, 5.74) is 3.00. The number of carbonyl (C=O) groups is 1. The number of aryl methyl sites for hydroxylation is 1. The van der Waals surface area contributed by atoms with E-state index in [1.54, 1.807) is 13.3 Å². The molecule has 0 amide bonds. The Balaban J connectivity index is 1.31. The summed E-state index contributed by atoms with van der Waals surface area (Å²) < 4.78 is 5.38. The van der Waals surface area contributed by atoms with E-state index < -0.39 is 12.1 Å². The molecule has 2 N–H and O–H groups in total. The molecular weight excluding hydrogens is 496 g/mol. The number of piperidine rings is 1. The molecule has 0 spiro atoms. The number of methoxy groups -OCH3 is 1. The Morgan fingerprint density at radius 3 is 2.74 bits per heavy atom. The first-order valence-electron chi connectivity index (χ1n) is 13.7. The number of pyridine rings is 1. The second-order valence-corrected chi connectivity index (χ2v) is 11.6. The molecular formula is C31H40N2O4S. The van der Waals surface area contributed by atoms with Gasteiger partial charge in [-0.1, -0.05) is 17.7 Å². The van der Waals surface area contributed by atoms with E-state index in [4.69, 9.17) is 4.74 Å². The van der Waals surface area contributed by atoms with Gasteiger partial charge in [-0.25, -0.2) is 0 Å². The molecule has 3 atom stereocenters. The molecule has 1 aliphatic rings. The highest BCUT2D eigenvalue weighted by Crippen LogP contribution is 2.35. The van der Waals surface area contributed by atoms with Gasteiger partial charge < -0.3 is 19.8 Å². The van der Waals surface area contributed by atoms with Gasteiger partial charge in [-0.2, -0.15) is 0 Å². The van der Waals surface area contributed by atoms with Gasteiger partial charge in [0.15, 0.2) is 0 Å². The predicted octanol–water partition coefficient (Wildman–Crippen LogP) is 6.35. The molecule has 0 aliphatic carbocycles. The number of fused-ring (bicyclic) bond motifs is 1. The fraction of sp³-hybridized carbons (Fsp3) is 0.484. The second kappa shape index (κ2) is 14.0. The summed E-state index contributed by atoms with van der Waals surface area (Å²) in [5, 5.41) is 21.4. The van der Waals surface area contributed by atoms with Gasteiger partial charge >= 0.3 is 5.97 Å². The number of hydrogen-bond acceptors (Lipinski definition) is 6. The lowest BCUT2D eigenvalue weighted by atomic mass is 9.79. The zero-order valence-corrected chi connectivity index (χ0v) is 23.3. The van der Waals surface area contributed by atoms with Crippen molar-refractivity contribution in [2.24, 2.45) is 11.8 Å². The number of ether oxygens (including phenoxy) is 1. The highest BCUT2D eigenvalue weighted by atomic mass is 32.2. The molecule has 2 aromatic carbocycles. The molecule has 0 unspecified atom stereocenters. The van der Waals surface area contributed by atoms with E-state index in [0.717, 1.165) is 66.9 Å². The van der Waals surface area contributed by atoms with Crippen molar-refractivity contribution in [2.75, 3.05) is 32.5 Å². The van der Waals surface area contributed by atoms with Crippen LogP contribution in [0.1, 0.15) is 55.8 Å². The maximum Gasteiger partial charge on any atom is 0.303 e. The van der Waals surface area contributed by atoms with Gasteiger partial charge in [0.25, 0.3) is 0 Å². The highest BCUT2D eigenvalue weighted by Gasteiger charge is 2.30. The maximum absolute atomic E-state index is 11.4. The van der Waals surface area contributed by atoms with Crippen molar-refractivity contribution in [3.63, 3.8) is 0 Å². The lowest BCUT2D eigenvalue weighted by molar-refractivity contribution is -0.137. The highest BCUT2D eigenvalue weighted by molar-refractivity contribution is 7.99. The van der Waals surface area contributed by atoms with E-state index in [-0.39, 0.29) is 6.42 Å². The average Bonchev–Trinajstić information content (AvgIpc) is 2.93. The van der Waals surface area contributed by atoms with Crippen molar-refractivity contribution in [1.82, 2.24) is 9.88 Å². The van der Waals surface area contributed by atoms with E-state index in [9.17, 15) is 15.0 Å². The number of nitrogens with zero attached hydrogens (tertiary/aromatic N) is 2. The largest absolute Gasteiger partial charge is 0.497 e. The van der Waals surface area contributed by atoms with Crippen LogP contribution in [-0.2, 0) is 4.79 Å². The van der Waals surface area contributed by atoms with Gasteiger partial charge in [-0.05, 0) is 112 Å². The molecule has 1 aliphatic heterocycles. The third-order valence-corrected chi connectivity index (χ3v) is 8.86. The van der Waals surface area contributed by atoms with Crippen LogP contribution in [0.2, 0.25) is 0 Å². The van der Waals surface area contributed by atoms with Crippen LogP contribution >= 0.6 is 11.8 Å². The molecule has 204 valence electrons. The summed E-state index contributed by atoms with van der Waals surface area (Å²) in [7, 11) is 1.64. The fourth-order valence-electron chi connectivity index (χ4n) is 5.58. The molecule has 1 saturated heterocycles. The van der Waals surface area contributed by atoms with Crippen molar-refractivity contribution in [2.45, 2.75) is 56.4 Å². The van der Waals surface area contributed by atoms with Crippen molar-refractivity contribution in [3.05, 3.63) is 65.9 Å². The Bertz CT molecular complexity index is 1190. The normalized spacial score (nSPS) is 18.9. The maximum atomic E-state index is 11.4. The summed E-state index contributed by atoms with van der Waals surface area (Å²) in [6.07, 6.45) is 5.76. The first-order valence-corrected chi connectivity index (χ1v) is 14.7. The summed E-state index contributed by atoms with van der Waals surface area (Å²) >= 11 is 1.90. The van der Waals surface area contributed by atoms with Crippen LogP contribution in [-0.4, -0.2) is 58.6 Å². The Hall–Kier alpha value is -2.61. The Morgan fingerprint density at radius 1 is 1.16 bits per heavy atom. The van der Waals surface area contributed by atoms with Crippen LogP contribution < -0.4 is 4.74 Å². The number of aliphatic carboxylic acids is 1. The average molecular weight is 537 g/mol. The zero-order valence-electron chi connectivity index (χ0n) is 22.5. The van der Waals surface area contributed by atoms with E-state index in [1.807, 2.05) is 36.0 Å². The molecule has 2 heterocycles. The van der Waals surface area contributed by atoms with Crippen molar-refractivity contribution < 1.29 is 19.7 Å². The SMILES string of the molecule is COc1ccc2nccc([C@H](O)CC[C@@H]3CCN(CCCSc4ccc(C)cc4)C[C@H]3CCC(=O)O)c2c1. The number of carboxylic acids is 1. The van der Waals surface area contributed by atoms with Crippen LogP contribution in [0.3, 0.4) is 0 Å².